The predicted octanol–water partition coefficient (Wildman–Crippen LogP) is 4.59. The van der Waals surface area contributed by atoms with Gasteiger partial charge in [-0.15, -0.1) is 5.10 Å². The SMILES string of the molecule is N/C(=N\N=C/c1cn(Cc2ccc(Br)cc2)c2ccccc12)c1ccccn1. The molecule has 0 saturated heterocycles. The van der Waals surface area contributed by atoms with Crippen molar-refractivity contribution in [3.63, 3.8) is 0 Å². The highest BCUT2D eigenvalue weighted by molar-refractivity contribution is 9.10. The third kappa shape index (κ3) is 4.02. The van der Waals surface area contributed by atoms with Crippen LogP contribution in [0.3, 0.4) is 0 Å². The number of aromatic nitrogens is 2. The molecule has 0 atom stereocenters. The molecule has 0 aliphatic rings. The van der Waals surface area contributed by atoms with Gasteiger partial charge in [0.05, 0.1) is 6.21 Å². The first-order valence-electron chi connectivity index (χ1n) is 8.81. The zero-order chi connectivity index (χ0) is 19.3. The molecule has 0 aliphatic heterocycles. The van der Waals surface area contributed by atoms with Crippen molar-refractivity contribution in [3.05, 3.63) is 100 Å². The second kappa shape index (κ2) is 8.19. The van der Waals surface area contributed by atoms with E-state index in [1.807, 2.05) is 24.3 Å². The number of halogens is 1. The molecule has 0 radical (unpaired) electrons. The summed E-state index contributed by atoms with van der Waals surface area (Å²) in [6.45, 7) is 0.779. The topological polar surface area (TPSA) is 68.6 Å². The van der Waals surface area contributed by atoms with Crippen LogP contribution in [-0.4, -0.2) is 21.6 Å². The molecule has 6 heteroatoms. The first-order valence-corrected chi connectivity index (χ1v) is 9.60. The molecular formula is C22H18BrN5. The Morgan fingerprint density at radius 3 is 2.61 bits per heavy atom. The molecule has 0 spiro atoms. The minimum absolute atomic E-state index is 0.287. The average molecular weight is 432 g/mol. The molecule has 0 aliphatic carbocycles. The van der Waals surface area contributed by atoms with Crippen molar-refractivity contribution < 1.29 is 0 Å². The highest BCUT2D eigenvalue weighted by Gasteiger charge is 2.07. The summed E-state index contributed by atoms with van der Waals surface area (Å²) in [5.74, 6) is 0.287. The van der Waals surface area contributed by atoms with Crippen LogP contribution in [0.4, 0.5) is 0 Å². The van der Waals surface area contributed by atoms with Gasteiger partial charge in [0.25, 0.3) is 0 Å². The van der Waals surface area contributed by atoms with E-state index in [1.54, 1.807) is 18.5 Å². The van der Waals surface area contributed by atoms with Gasteiger partial charge in [-0.2, -0.15) is 5.10 Å². The molecule has 4 aromatic rings. The van der Waals surface area contributed by atoms with Crippen LogP contribution in [0.15, 0.2) is 93.8 Å². The molecule has 138 valence electrons. The summed E-state index contributed by atoms with van der Waals surface area (Å²) in [6.07, 6.45) is 5.50. The van der Waals surface area contributed by atoms with Gasteiger partial charge in [0.1, 0.15) is 5.69 Å². The minimum Gasteiger partial charge on any atom is -0.380 e. The zero-order valence-electron chi connectivity index (χ0n) is 15.0. The fraction of sp³-hybridized carbons (Fsp3) is 0.0455. The van der Waals surface area contributed by atoms with Gasteiger partial charge >= 0.3 is 0 Å². The first kappa shape index (κ1) is 18.1. The standard InChI is InChI=1S/C22H18BrN5/c23-18-10-8-16(9-11-18)14-28-15-17(19-5-1-2-7-21(19)28)13-26-27-22(24)20-6-3-4-12-25-20/h1-13,15H,14H2,(H2,24,27)/b26-13-. The Labute approximate surface area is 171 Å². The van der Waals surface area contributed by atoms with E-state index in [0.29, 0.717) is 5.69 Å². The van der Waals surface area contributed by atoms with Crippen molar-refractivity contribution in [2.24, 2.45) is 15.9 Å². The van der Waals surface area contributed by atoms with Gasteiger partial charge in [-0.05, 0) is 35.9 Å². The number of rotatable bonds is 5. The molecular weight excluding hydrogens is 414 g/mol. The van der Waals surface area contributed by atoms with E-state index < -0.39 is 0 Å². The van der Waals surface area contributed by atoms with Gasteiger partial charge in [0.2, 0.25) is 0 Å². The maximum atomic E-state index is 5.96. The number of nitrogens with zero attached hydrogens (tertiary/aromatic N) is 4. The lowest BCUT2D eigenvalue weighted by Crippen LogP contribution is -2.14. The lowest BCUT2D eigenvalue weighted by Gasteiger charge is -2.05. The monoisotopic (exact) mass is 431 g/mol. The summed E-state index contributed by atoms with van der Waals surface area (Å²) in [6, 6.07) is 22.1. The van der Waals surface area contributed by atoms with E-state index in [4.69, 9.17) is 5.73 Å². The van der Waals surface area contributed by atoms with Crippen molar-refractivity contribution >= 4 is 38.9 Å². The van der Waals surface area contributed by atoms with Crippen LogP contribution in [0, 0.1) is 0 Å². The Bertz CT molecular complexity index is 1140. The molecule has 2 aromatic carbocycles. The van der Waals surface area contributed by atoms with E-state index in [2.05, 4.69) is 78.3 Å². The van der Waals surface area contributed by atoms with Crippen LogP contribution in [-0.2, 0) is 6.54 Å². The highest BCUT2D eigenvalue weighted by atomic mass is 79.9. The second-order valence-corrected chi connectivity index (χ2v) is 7.22. The summed E-state index contributed by atoms with van der Waals surface area (Å²) >= 11 is 3.48. The van der Waals surface area contributed by atoms with Gasteiger partial charge in [-0.3, -0.25) is 4.98 Å². The zero-order valence-corrected chi connectivity index (χ0v) is 16.6. The summed E-state index contributed by atoms with van der Waals surface area (Å²) in [5.41, 5.74) is 9.93. The van der Waals surface area contributed by atoms with E-state index in [0.717, 1.165) is 27.5 Å². The smallest absolute Gasteiger partial charge is 0.171 e. The molecule has 5 nitrogen and oxygen atoms in total. The van der Waals surface area contributed by atoms with Gasteiger partial charge < -0.3 is 10.3 Å². The molecule has 2 aromatic heterocycles. The van der Waals surface area contributed by atoms with Gasteiger partial charge in [-0.25, -0.2) is 0 Å². The van der Waals surface area contributed by atoms with Crippen molar-refractivity contribution in [2.45, 2.75) is 6.54 Å². The second-order valence-electron chi connectivity index (χ2n) is 6.30. The number of pyridine rings is 1. The lowest BCUT2D eigenvalue weighted by atomic mass is 10.2. The summed E-state index contributed by atoms with van der Waals surface area (Å²) in [4.78, 5) is 4.17. The van der Waals surface area contributed by atoms with Crippen molar-refractivity contribution in [3.8, 4) is 0 Å². The van der Waals surface area contributed by atoms with Crippen molar-refractivity contribution in [1.82, 2.24) is 9.55 Å². The number of hydrogen-bond acceptors (Lipinski definition) is 3. The van der Waals surface area contributed by atoms with E-state index in [9.17, 15) is 0 Å². The van der Waals surface area contributed by atoms with E-state index in [1.165, 1.54) is 5.56 Å². The maximum absolute atomic E-state index is 5.96. The van der Waals surface area contributed by atoms with Gasteiger partial charge in [-0.1, -0.05) is 52.3 Å². The van der Waals surface area contributed by atoms with Crippen LogP contribution >= 0.6 is 15.9 Å². The molecule has 0 amide bonds. The normalized spacial score (nSPS) is 12.1. The Balaban J connectivity index is 1.63. The third-order valence-electron chi connectivity index (χ3n) is 4.38. The van der Waals surface area contributed by atoms with Crippen molar-refractivity contribution in [1.29, 1.82) is 0 Å². The van der Waals surface area contributed by atoms with Gasteiger partial charge in [0, 0.05) is 39.9 Å². The summed E-state index contributed by atoms with van der Waals surface area (Å²) in [5, 5.41) is 9.39. The number of nitrogens with two attached hydrogens (primary N) is 1. The molecule has 2 N–H and O–H groups in total. The molecule has 0 fully saturated rings. The number of hydrogen-bond donors (Lipinski definition) is 1. The quantitative estimate of drug-likeness (QED) is 0.285. The van der Waals surface area contributed by atoms with Crippen molar-refractivity contribution in [2.75, 3.05) is 0 Å². The van der Waals surface area contributed by atoms with Gasteiger partial charge in [0.15, 0.2) is 5.84 Å². The highest BCUT2D eigenvalue weighted by Crippen LogP contribution is 2.22. The van der Waals surface area contributed by atoms with Crippen LogP contribution in [0.25, 0.3) is 10.9 Å². The average Bonchev–Trinajstić information content (AvgIpc) is 3.08. The number of amidine groups is 1. The Kier molecular flexibility index (Phi) is 5.30. The molecule has 0 bridgehead atoms. The van der Waals surface area contributed by atoms with Crippen LogP contribution < -0.4 is 5.73 Å². The maximum Gasteiger partial charge on any atom is 0.171 e. The van der Waals surface area contributed by atoms with E-state index >= 15 is 0 Å². The molecule has 28 heavy (non-hydrogen) atoms. The Morgan fingerprint density at radius 1 is 1.04 bits per heavy atom. The van der Waals surface area contributed by atoms with E-state index in [-0.39, 0.29) is 5.84 Å². The molecule has 0 unspecified atom stereocenters. The Morgan fingerprint density at radius 2 is 1.82 bits per heavy atom. The number of fused-ring (bicyclic) bond motifs is 1. The first-order chi connectivity index (χ1) is 13.7. The summed E-state index contributed by atoms with van der Waals surface area (Å²) in [7, 11) is 0. The fourth-order valence-corrected chi connectivity index (χ4v) is 3.28. The van der Waals surface area contributed by atoms with Crippen LogP contribution in [0.1, 0.15) is 16.8 Å². The lowest BCUT2D eigenvalue weighted by molar-refractivity contribution is 0.836. The number of benzene rings is 2. The predicted molar refractivity (Wildman–Crippen MR) is 118 cm³/mol. The Hall–Kier alpha value is -3.25. The van der Waals surface area contributed by atoms with Crippen LogP contribution in [0.2, 0.25) is 0 Å². The molecule has 4 rings (SSSR count). The minimum atomic E-state index is 0.287. The summed E-state index contributed by atoms with van der Waals surface area (Å²) < 4.78 is 3.29. The molecule has 0 saturated carbocycles. The number of para-hydroxylation sites is 1. The third-order valence-corrected chi connectivity index (χ3v) is 4.90. The van der Waals surface area contributed by atoms with Crippen LogP contribution in [0.5, 0.6) is 0 Å². The molecule has 2 heterocycles. The fourth-order valence-electron chi connectivity index (χ4n) is 3.01. The largest absolute Gasteiger partial charge is 0.380 e.